The topological polar surface area (TPSA) is 99.8 Å². The Hall–Kier alpha value is -4.31. The smallest absolute Gasteiger partial charge is 0.276 e. The normalized spacial score (nSPS) is 13.5. The van der Waals surface area contributed by atoms with Crippen molar-refractivity contribution >= 4 is 16.8 Å². The number of ether oxygens (including phenoxy) is 3. The number of aromatic nitrogens is 3. The zero-order chi connectivity index (χ0) is 26.8. The Balaban J connectivity index is 1.63. The Labute approximate surface area is 220 Å². The number of rotatable bonds is 7. The Morgan fingerprint density at radius 2 is 1.63 bits per heavy atom. The van der Waals surface area contributed by atoms with Crippen molar-refractivity contribution < 1.29 is 19.0 Å². The Morgan fingerprint density at radius 1 is 0.974 bits per heavy atom. The molecule has 1 fully saturated rings. The van der Waals surface area contributed by atoms with Crippen LogP contribution in [0.5, 0.6) is 17.2 Å². The van der Waals surface area contributed by atoms with Gasteiger partial charge < -0.3 is 29.0 Å². The molecule has 1 amide bonds. The fourth-order valence-electron chi connectivity index (χ4n) is 4.80. The molecule has 4 aromatic rings. The predicted octanol–water partition coefficient (Wildman–Crippen LogP) is 2.52. The Kier molecular flexibility index (Phi) is 7.06. The van der Waals surface area contributed by atoms with E-state index in [0.717, 1.165) is 24.4 Å². The number of pyridine rings is 1. The van der Waals surface area contributed by atoms with Crippen LogP contribution in [0.15, 0.2) is 53.5 Å². The number of hydrogen-bond acceptors (Lipinski definition) is 7. The minimum atomic E-state index is -0.154. The van der Waals surface area contributed by atoms with Crippen molar-refractivity contribution in [2.45, 2.75) is 6.54 Å². The summed E-state index contributed by atoms with van der Waals surface area (Å²) in [7, 11) is 6.40. The summed E-state index contributed by atoms with van der Waals surface area (Å²) in [6.45, 7) is 3.09. The zero-order valence-corrected chi connectivity index (χ0v) is 22.0. The van der Waals surface area contributed by atoms with Crippen LogP contribution in [0.4, 0.5) is 0 Å². The van der Waals surface area contributed by atoms with Crippen molar-refractivity contribution in [3.8, 4) is 28.5 Å². The Bertz CT molecular complexity index is 1510. The van der Waals surface area contributed by atoms with Gasteiger partial charge >= 0.3 is 0 Å². The molecule has 0 bridgehead atoms. The Morgan fingerprint density at radius 3 is 2.24 bits per heavy atom. The first-order chi connectivity index (χ1) is 18.4. The van der Waals surface area contributed by atoms with Gasteiger partial charge in [-0.15, -0.1) is 0 Å². The van der Waals surface area contributed by atoms with Crippen molar-refractivity contribution in [2.24, 2.45) is 7.05 Å². The summed E-state index contributed by atoms with van der Waals surface area (Å²) in [5.41, 5.74) is 2.96. The van der Waals surface area contributed by atoms with Crippen LogP contribution in [0.1, 0.15) is 15.9 Å². The summed E-state index contributed by atoms with van der Waals surface area (Å²) in [6, 6.07) is 13.1. The van der Waals surface area contributed by atoms with E-state index in [2.05, 4.69) is 5.32 Å². The molecule has 1 N–H and O–H groups in total. The first-order valence-electron chi connectivity index (χ1n) is 12.4. The van der Waals surface area contributed by atoms with Gasteiger partial charge in [0.05, 0.1) is 27.9 Å². The maximum absolute atomic E-state index is 13.4. The highest BCUT2D eigenvalue weighted by Gasteiger charge is 2.27. The molecule has 5 rings (SSSR count). The second kappa shape index (κ2) is 10.6. The highest BCUT2D eigenvalue weighted by molar-refractivity contribution is 6.02. The fraction of sp³-hybridized carbons (Fsp3) is 0.321. The number of hydrogen-bond donors (Lipinski definition) is 1. The van der Waals surface area contributed by atoms with Crippen LogP contribution < -0.4 is 25.1 Å². The highest BCUT2D eigenvalue weighted by atomic mass is 16.5. The highest BCUT2D eigenvalue weighted by Crippen LogP contribution is 2.37. The minimum Gasteiger partial charge on any atom is -0.497 e. The number of piperazine rings is 1. The number of methoxy groups -OCH3 is 3. The lowest BCUT2D eigenvalue weighted by Crippen LogP contribution is -2.46. The summed E-state index contributed by atoms with van der Waals surface area (Å²) < 4.78 is 19.9. The molecule has 2 aromatic carbocycles. The van der Waals surface area contributed by atoms with Crippen LogP contribution in [0, 0.1) is 0 Å². The molecule has 10 nitrogen and oxygen atoms in total. The molecule has 0 unspecified atom stereocenters. The number of carbonyl (C=O) groups is 1. The number of nitrogens with zero attached hydrogens (tertiary/aromatic N) is 4. The molecule has 2 aromatic heterocycles. The van der Waals surface area contributed by atoms with Crippen LogP contribution in [0.3, 0.4) is 0 Å². The molecular formula is C28H31N5O5. The van der Waals surface area contributed by atoms with E-state index in [1.54, 1.807) is 42.1 Å². The van der Waals surface area contributed by atoms with Crippen LogP contribution in [-0.2, 0) is 13.6 Å². The van der Waals surface area contributed by atoms with Gasteiger partial charge in [-0.25, -0.2) is 0 Å². The first kappa shape index (κ1) is 25.3. The standard InChI is InChI=1S/C28H31N5O5/c1-31-12-9-21-25(30-33(26(21)28(31)35)17-18-5-7-20(36-2)8-6-18)19-15-22(37-3)24(23(16-19)38-4)27(34)32-13-10-29-11-14-32/h5-9,12,15-16,29H,10-11,13-14,17H2,1-4H3. The predicted molar refractivity (Wildman–Crippen MR) is 144 cm³/mol. The van der Waals surface area contributed by atoms with Crippen LogP contribution in [0.2, 0.25) is 0 Å². The van der Waals surface area contributed by atoms with Crippen LogP contribution in [0.25, 0.3) is 22.2 Å². The molecule has 10 heteroatoms. The molecule has 198 valence electrons. The molecule has 1 aliphatic heterocycles. The first-order valence-corrected chi connectivity index (χ1v) is 12.4. The molecule has 0 spiro atoms. The summed E-state index contributed by atoms with van der Waals surface area (Å²) >= 11 is 0. The molecule has 0 radical (unpaired) electrons. The van der Waals surface area contributed by atoms with Gasteiger partial charge in [0.1, 0.15) is 34.0 Å². The van der Waals surface area contributed by atoms with E-state index in [4.69, 9.17) is 19.3 Å². The van der Waals surface area contributed by atoms with Crippen molar-refractivity contribution in [3.05, 3.63) is 70.1 Å². The third-order valence-corrected chi connectivity index (χ3v) is 6.87. The van der Waals surface area contributed by atoms with Gasteiger partial charge in [0.25, 0.3) is 11.5 Å². The minimum absolute atomic E-state index is 0.143. The monoisotopic (exact) mass is 517 g/mol. The molecule has 1 saturated heterocycles. The number of fused-ring (bicyclic) bond motifs is 1. The average molecular weight is 518 g/mol. The lowest BCUT2D eigenvalue weighted by Gasteiger charge is -2.28. The maximum Gasteiger partial charge on any atom is 0.276 e. The van der Waals surface area contributed by atoms with Gasteiger partial charge in [-0.05, 0) is 35.9 Å². The molecule has 38 heavy (non-hydrogen) atoms. The number of benzene rings is 2. The van der Waals surface area contributed by atoms with E-state index in [9.17, 15) is 9.59 Å². The second-order valence-corrected chi connectivity index (χ2v) is 9.15. The fourth-order valence-corrected chi connectivity index (χ4v) is 4.80. The average Bonchev–Trinajstić information content (AvgIpc) is 3.33. The number of amides is 1. The van der Waals surface area contributed by atoms with Gasteiger partial charge in [-0.1, -0.05) is 12.1 Å². The van der Waals surface area contributed by atoms with Gasteiger partial charge in [-0.2, -0.15) is 5.10 Å². The summed E-state index contributed by atoms with van der Waals surface area (Å²) in [4.78, 5) is 28.4. The van der Waals surface area contributed by atoms with Crippen LogP contribution >= 0.6 is 0 Å². The number of aryl methyl sites for hydroxylation is 1. The summed E-state index contributed by atoms with van der Waals surface area (Å²) in [6.07, 6.45) is 1.73. The lowest BCUT2D eigenvalue weighted by atomic mass is 10.0. The molecule has 3 heterocycles. The van der Waals surface area contributed by atoms with Gasteiger partial charge in [0.15, 0.2) is 0 Å². The van der Waals surface area contributed by atoms with Crippen molar-refractivity contribution in [3.63, 3.8) is 0 Å². The lowest BCUT2D eigenvalue weighted by molar-refractivity contribution is 0.0729. The third kappa shape index (κ3) is 4.58. The van der Waals surface area contributed by atoms with E-state index < -0.39 is 0 Å². The quantitative estimate of drug-likeness (QED) is 0.402. The SMILES string of the molecule is COc1ccc(Cn2nc(-c3cc(OC)c(C(=O)N4CCNCC4)c(OC)c3)c3ccn(C)c(=O)c32)cc1. The van der Waals surface area contributed by atoms with E-state index in [1.165, 1.54) is 18.8 Å². The molecule has 1 aliphatic rings. The van der Waals surface area contributed by atoms with E-state index in [-0.39, 0.29) is 11.5 Å². The molecular weight excluding hydrogens is 486 g/mol. The summed E-state index contributed by atoms with van der Waals surface area (Å²) in [5, 5.41) is 8.83. The largest absolute Gasteiger partial charge is 0.497 e. The maximum atomic E-state index is 13.4. The van der Waals surface area contributed by atoms with Crippen molar-refractivity contribution in [1.82, 2.24) is 24.6 Å². The van der Waals surface area contributed by atoms with Crippen molar-refractivity contribution in [1.29, 1.82) is 0 Å². The van der Waals surface area contributed by atoms with E-state index in [1.807, 2.05) is 30.3 Å². The molecule has 0 aliphatic carbocycles. The van der Waals surface area contributed by atoms with Gasteiger partial charge in [0.2, 0.25) is 0 Å². The second-order valence-electron chi connectivity index (χ2n) is 9.15. The number of nitrogens with one attached hydrogen (secondary N) is 1. The summed E-state index contributed by atoms with van der Waals surface area (Å²) in [5.74, 6) is 1.40. The van der Waals surface area contributed by atoms with Gasteiger partial charge in [0, 0.05) is 50.4 Å². The van der Waals surface area contributed by atoms with Gasteiger partial charge in [-0.3, -0.25) is 14.3 Å². The van der Waals surface area contributed by atoms with Crippen LogP contribution in [-0.4, -0.2) is 72.7 Å². The van der Waals surface area contributed by atoms with Crippen molar-refractivity contribution in [2.75, 3.05) is 47.5 Å². The molecule has 0 atom stereocenters. The number of carbonyl (C=O) groups excluding carboxylic acids is 1. The molecule has 0 saturated carbocycles. The zero-order valence-electron chi connectivity index (χ0n) is 22.0. The van der Waals surface area contributed by atoms with E-state index in [0.29, 0.717) is 58.9 Å². The van der Waals surface area contributed by atoms with E-state index >= 15 is 0 Å². The third-order valence-electron chi connectivity index (χ3n) is 6.87.